The zero-order chi connectivity index (χ0) is 16.1. The van der Waals surface area contributed by atoms with Gasteiger partial charge in [0, 0.05) is 11.3 Å². The SMILES string of the molecule is Cc1[nH]nc2c1C(c1cccc(O)c1)c1c([nH]c(=O)[nH]c1=O)O2. The maximum atomic E-state index is 12.3. The number of H-pyrrole nitrogens is 3. The summed E-state index contributed by atoms with van der Waals surface area (Å²) in [6, 6.07) is 6.60. The number of aromatic nitrogens is 4. The van der Waals surface area contributed by atoms with Crippen LogP contribution in [0.5, 0.6) is 17.5 Å². The molecule has 0 amide bonds. The van der Waals surface area contributed by atoms with E-state index in [1.54, 1.807) is 24.3 Å². The van der Waals surface area contributed by atoms with Crippen molar-refractivity contribution in [3.63, 3.8) is 0 Å². The number of phenolic OH excluding ortho intramolecular Hbond substituents is 1. The fraction of sp³-hybridized carbons (Fsp3) is 0.133. The highest BCUT2D eigenvalue weighted by Crippen LogP contribution is 2.45. The number of fused-ring (bicyclic) bond motifs is 2. The van der Waals surface area contributed by atoms with E-state index in [0.29, 0.717) is 17.0 Å². The summed E-state index contributed by atoms with van der Waals surface area (Å²) in [5.41, 5.74) is 1.21. The summed E-state index contributed by atoms with van der Waals surface area (Å²) in [6.45, 7) is 1.82. The van der Waals surface area contributed by atoms with Gasteiger partial charge in [0.15, 0.2) is 0 Å². The minimum atomic E-state index is -0.654. The van der Waals surface area contributed by atoms with Gasteiger partial charge in [-0.2, -0.15) is 0 Å². The number of phenols is 1. The Balaban J connectivity index is 2.07. The van der Waals surface area contributed by atoms with Crippen molar-refractivity contribution >= 4 is 0 Å². The van der Waals surface area contributed by atoms with Gasteiger partial charge < -0.3 is 9.84 Å². The van der Waals surface area contributed by atoms with Gasteiger partial charge in [-0.3, -0.25) is 19.9 Å². The molecule has 0 bridgehead atoms. The zero-order valence-electron chi connectivity index (χ0n) is 12.0. The molecular weight excluding hydrogens is 300 g/mol. The van der Waals surface area contributed by atoms with Gasteiger partial charge in [-0.05, 0) is 24.6 Å². The lowest BCUT2D eigenvalue weighted by Gasteiger charge is -2.24. The summed E-state index contributed by atoms with van der Waals surface area (Å²) in [5.74, 6) is -0.0741. The van der Waals surface area contributed by atoms with E-state index < -0.39 is 17.2 Å². The molecule has 0 saturated heterocycles. The summed E-state index contributed by atoms with van der Waals surface area (Å²) < 4.78 is 5.56. The number of aromatic hydroxyl groups is 1. The Morgan fingerprint density at radius 1 is 1.22 bits per heavy atom. The highest BCUT2D eigenvalue weighted by Gasteiger charge is 2.35. The van der Waals surface area contributed by atoms with Crippen molar-refractivity contribution in [1.29, 1.82) is 0 Å². The number of aromatic amines is 3. The van der Waals surface area contributed by atoms with Crippen LogP contribution in [0, 0.1) is 6.92 Å². The van der Waals surface area contributed by atoms with Gasteiger partial charge in [-0.25, -0.2) is 4.79 Å². The highest BCUT2D eigenvalue weighted by atomic mass is 16.5. The highest BCUT2D eigenvalue weighted by molar-refractivity contribution is 5.55. The number of rotatable bonds is 1. The van der Waals surface area contributed by atoms with Gasteiger partial charge in [0.2, 0.25) is 11.8 Å². The van der Waals surface area contributed by atoms with E-state index in [1.807, 2.05) is 6.92 Å². The summed E-state index contributed by atoms with van der Waals surface area (Å²) >= 11 is 0. The van der Waals surface area contributed by atoms with E-state index in [-0.39, 0.29) is 17.2 Å². The molecule has 0 fully saturated rings. The molecule has 1 aliphatic heterocycles. The Bertz CT molecular complexity index is 1030. The molecule has 1 atom stereocenters. The lowest BCUT2D eigenvalue weighted by Crippen LogP contribution is -2.30. The first-order valence-corrected chi connectivity index (χ1v) is 6.92. The molecule has 1 aliphatic rings. The smallest absolute Gasteiger partial charge is 0.328 e. The van der Waals surface area contributed by atoms with Crippen molar-refractivity contribution in [3.05, 3.63) is 67.5 Å². The lowest BCUT2D eigenvalue weighted by atomic mass is 9.85. The summed E-state index contributed by atoms with van der Waals surface area (Å²) in [5, 5.41) is 16.7. The third-order valence-corrected chi connectivity index (χ3v) is 3.88. The van der Waals surface area contributed by atoms with Crippen LogP contribution >= 0.6 is 0 Å². The van der Waals surface area contributed by atoms with Gasteiger partial charge in [-0.1, -0.05) is 12.1 Å². The molecule has 0 spiro atoms. The summed E-state index contributed by atoms with van der Waals surface area (Å²) in [4.78, 5) is 28.6. The largest absolute Gasteiger partial charge is 0.508 e. The molecule has 1 unspecified atom stereocenters. The quantitative estimate of drug-likeness (QED) is 0.419. The van der Waals surface area contributed by atoms with E-state index in [1.165, 1.54) is 0 Å². The molecule has 4 N–H and O–H groups in total. The number of nitrogens with one attached hydrogen (secondary N) is 3. The second-order valence-corrected chi connectivity index (χ2v) is 5.35. The number of ether oxygens (including phenoxy) is 1. The van der Waals surface area contributed by atoms with Crippen molar-refractivity contribution in [1.82, 2.24) is 20.2 Å². The summed E-state index contributed by atoms with van der Waals surface area (Å²) in [6.07, 6.45) is 0. The number of nitrogens with zero attached hydrogens (tertiary/aromatic N) is 1. The molecule has 8 nitrogen and oxygen atoms in total. The zero-order valence-corrected chi connectivity index (χ0v) is 12.0. The topological polar surface area (TPSA) is 124 Å². The van der Waals surface area contributed by atoms with Crippen molar-refractivity contribution in [2.75, 3.05) is 0 Å². The lowest BCUT2D eigenvalue weighted by molar-refractivity contribution is 0.411. The first-order chi connectivity index (χ1) is 11.0. The minimum Gasteiger partial charge on any atom is -0.508 e. The van der Waals surface area contributed by atoms with Crippen molar-refractivity contribution in [2.45, 2.75) is 12.8 Å². The van der Waals surface area contributed by atoms with Crippen LogP contribution < -0.4 is 16.0 Å². The predicted molar refractivity (Wildman–Crippen MR) is 80.1 cm³/mol. The normalized spacial score (nSPS) is 15.6. The van der Waals surface area contributed by atoms with Crippen molar-refractivity contribution in [2.24, 2.45) is 0 Å². The van der Waals surface area contributed by atoms with E-state index in [2.05, 4.69) is 20.2 Å². The monoisotopic (exact) mass is 312 g/mol. The minimum absolute atomic E-state index is 0.0612. The number of hydrogen-bond donors (Lipinski definition) is 4. The number of aryl methyl sites for hydroxylation is 1. The Labute approximate surface area is 128 Å². The summed E-state index contributed by atoms with van der Waals surface area (Å²) in [7, 11) is 0. The number of hydrogen-bond acceptors (Lipinski definition) is 5. The molecule has 0 saturated carbocycles. The first kappa shape index (κ1) is 13.4. The van der Waals surface area contributed by atoms with Gasteiger partial charge in [0.25, 0.3) is 5.56 Å². The Hall–Kier alpha value is -3.29. The molecular formula is C15H12N4O4. The van der Waals surface area contributed by atoms with E-state index >= 15 is 0 Å². The van der Waals surface area contributed by atoms with Crippen LogP contribution in [-0.2, 0) is 0 Å². The Kier molecular flexibility index (Phi) is 2.68. The van der Waals surface area contributed by atoms with E-state index in [9.17, 15) is 14.7 Å². The van der Waals surface area contributed by atoms with Crippen LogP contribution in [0.4, 0.5) is 0 Å². The fourth-order valence-corrected chi connectivity index (χ4v) is 2.93. The molecule has 8 heteroatoms. The molecule has 3 heterocycles. The standard InChI is InChI=1S/C15H12N4O4/c1-6-9-10(7-3-2-4-8(20)5-7)11-12(21)16-15(22)17-13(11)23-14(9)19-18-6/h2-5,10,20H,1H3,(H,18,19)(H2,16,17,21,22). The molecule has 2 aromatic heterocycles. The fourth-order valence-electron chi connectivity index (χ4n) is 2.93. The third kappa shape index (κ3) is 1.95. The van der Waals surface area contributed by atoms with Crippen LogP contribution in [0.3, 0.4) is 0 Å². The predicted octanol–water partition coefficient (Wildman–Crippen LogP) is 1.09. The van der Waals surface area contributed by atoms with E-state index in [4.69, 9.17) is 4.74 Å². The van der Waals surface area contributed by atoms with Crippen LogP contribution in [0.15, 0.2) is 33.9 Å². The number of benzene rings is 1. The average Bonchev–Trinajstić information content (AvgIpc) is 2.86. The molecule has 0 aliphatic carbocycles. The first-order valence-electron chi connectivity index (χ1n) is 6.92. The van der Waals surface area contributed by atoms with Crippen molar-refractivity contribution in [3.8, 4) is 17.5 Å². The van der Waals surface area contributed by atoms with E-state index in [0.717, 1.165) is 5.69 Å². The molecule has 0 radical (unpaired) electrons. The molecule has 3 aromatic rings. The van der Waals surface area contributed by atoms with Crippen LogP contribution in [0.2, 0.25) is 0 Å². The molecule has 1 aromatic carbocycles. The average molecular weight is 312 g/mol. The van der Waals surface area contributed by atoms with Crippen LogP contribution in [0.1, 0.15) is 28.3 Å². The van der Waals surface area contributed by atoms with Crippen LogP contribution in [0.25, 0.3) is 0 Å². The Morgan fingerprint density at radius 3 is 2.83 bits per heavy atom. The van der Waals surface area contributed by atoms with Gasteiger partial charge >= 0.3 is 5.69 Å². The van der Waals surface area contributed by atoms with Crippen LogP contribution in [-0.4, -0.2) is 25.3 Å². The molecule has 23 heavy (non-hydrogen) atoms. The Morgan fingerprint density at radius 2 is 2.04 bits per heavy atom. The molecule has 4 rings (SSSR count). The third-order valence-electron chi connectivity index (χ3n) is 3.88. The maximum absolute atomic E-state index is 12.3. The van der Waals surface area contributed by atoms with Crippen molar-refractivity contribution < 1.29 is 9.84 Å². The van der Waals surface area contributed by atoms with Gasteiger partial charge in [0.1, 0.15) is 5.75 Å². The maximum Gasteiger partial charge on any atom is 0.328 e. The molecule has 116 valence electrons. The second-order valence-electron chi connectivity index (χ2n) is 5.35. The van der Waals surface area contributed by atoms with Gasteiger partial charge in [0.05, 0.1) is 11.5 Å². The second kappa shape index (κ2) is 4.60. The van der Waals surface area contributed by atoms with Gasteiger partial charge in [-0.15, -0.1) is 5.10 Å².